The molecule has 1 N–H and O–H groups in total. The summed E-state index contributed by atoms with van der Waals surface area (Å²) in [6.45, 7) is 9.32. The molecule has 2 atom stereocenters. The first-order chi connectivity index (χ1) is 8.57. The smallest absolute Gasteiger partial charge is 0.147 e. The van der Waals surface area contributed by atoms with E-state index in [1.807, 2.05) is 0 Å². The molecule has 1 saturated heterocycles. The fourth-order valence-corrected chi connectivity index (χ4v) is 3.47. The van der Waals surface area contributed by atoms with Crippen molar-refractivity contribution in [2.24, 2.45) is 5.41 Å². The zero-order valence-corrected chi connectivity index (χ0v) is 13.7. The quantitative estimate of drug-likeness (QED) is 0.813. The third kappa shape index (κ3) is 7.28. The average molecular weight is 291 g/mol. The Morgan fingerprint density at radius 2 is 1.74 bits per heavy atom. The van der Waals surface area contributed by atoms with Gasteiger partial charge in [-0.2, -0.15) is 0 Å². The highest BCUT2D eigenvalue weighted by Gasteiger charge is 2.26. The van der Waals surface area contributed by atoms with Crippen LogP contribution in [0.5, 0.6) is 0 Å². The average Bonchev–Trinajstić information content (AvgIpc) is 2.22. The second-order valence-corrected chi connectivity index (χ2v) is 9.11. The molecule has 0 amide bonds. The fourth-order valence-electron chi connectivity index (χ4n) is 2.54. The molecule has 0 bridgehead atoms. The topological polar surface area (TPSA) is 55.4 Å². The molecule has 114 valence electrons. The first kappa shape index (κ1) is 16.9. The van der Waals surface area contributed by atoms with Crippen LogP contribution >= 0.6 is 0 Å². The van der Waals surface area contributed by atoms with Crippen molar-refractivity contribution in [2.45, 2.75) is 65.2 Å². The Labute approximate surface area is 118 Å². The van der Waals surface area contributed by atoms with E-state index < -0.39 is 9.84 Å². The SMILES string of the molecule is C[C@H]1CC(NCC(C)(C)CCS(C)(=O)=O)C[C@H](C)O1. The Balaban J connectivity index is 2.37. The van der Waals surface area contributed by atoms with Crippen LogP contribution in [0, 0.1) is 5.41 Å². The van der Waals surface area contributed by atoms with Gasteiger partial charge in [-0.25, -0.2) is 8.42 Å². The van der Waals surface area contributed by atoms with Gasteiger partial charge in [0.2, 0.25) is 0 Å². The lowest BCUT2D eigenvalue weighted by molar-refractivity contribution is -0.0431. The van der Waals surface area contributed by atoms with Gasteiger partial charge in [0.15, 0.2) is 0 Å². The van der Waals surface area contributed by atoms with Gasteiger partial charge in [-0.3, -0.25) is 0 Å². The summed E-state index contributed by atoms with van der Waals surface area (Å²) >= 11 is 0. The number of hydrogen-bond acceptors (Lipinski definition) is 4. The van der Waals surface area contributed by atoms with Gasteiger partial charge >= 0.3 is 0 Å². The van der Waals surface area contributed by atoms with Crippen molar-refractivity contribution in [1.29, 1.82) is 0 Å². The maximum atomic E-state index is 11.2. The summed E-state index contributed by atoms with van der Waals surface area (Å²) in [4.78, 5) is 0. The van der Waals surface area contributed by atoms with Crippen molar-refractivity contribution < 1.29 is 13.2 Å². The molecule has 1 fully saturated rings. The lowest BCUT2D eigenvalue weighted by Crippen LogP contribution is -2.44. The van der Waals surface area contributed by atoms with Gasteiger partial charge in [0.1, 0.15) is 9.84 Å². The molecule has 0 aromatic heterocycles. The Hall–Kier alpha value is -0.130. The molecule has 1 aliphatic rings. The first-order valence-electron chi connectivity index (χ1n) is 7.14. The van der Waals surface area contributed by atoms with Gasteiger partial charge in [0, 0.05) is 18.8 Å². The lowest BCUT2D eigenvalue weighted by atomic mass is 9.89. The molecule has 0 radical (unpaired) electrons. The summed E-state index contributed by atoms with van der Waals surface area (Å²) in [5, 5.41) is 3.58. The minimum atomic E-state index is -2.87. The zero-order valence-electron chi connectivity index (χ0n) is 12.9. The Morgan fingerprint density at radius 3 is 2.21 bits per heavy atom. The van der Waals surface area contributed by atoms with E-state index >= 15 is 0 Å². The Kier molecular flexibility index (Phi) is 5.83. The fraction of sp³-hybridized carbons (Fsp3) is 1.00. The summed E-state index contributed by atoms with van der Waals surface area (Å²) in [6.07, 6.45) is 4.69. The van der Waals surface area contributed by atoms with E-state index in [1.54, 1.807) is 0 Å². The normalized spacial score (nSPS) is 29.4. The predicted molar refractivity (Wildman–Crippen MR) is 79.1 cm³/mol. The van der Waals surface area contributed by atoms with Crippen LogP contribution < -0.4 is 5.32 Å². The number of nitrogens with one attached hydrogen (secondary N) is 1. The van der Waals surface area contributed by atoms with E-state index in [9.17, 15) is 8.42 Å². The molecule has 0 spiro atoms. The summed E-state index contributed by atoms with van der Waals surface area (Å²) in [7, 11) is -2.87. The van der Waals surface area contributed by atoms with Gasteiger partial charge < -0.3 is 10.1 Å². The Bertz CT molecular complexity index is 368. The monoisotopic (exact) mass is 291 g/mol. The van der Waals surface area contributed by atoms with Crippen LogP contribution in [0.25, 0.3) is 0 Å². The Morgan fingerprint density at radius 1 is 1.21 bits per heavy atom. The van der Waals surface area contributed by atoms with Crippen LogP contribution in [0.2, 0.25) is 0 Å². The lowest BCUT2D eigenvalue weighted by Gasteiger charge is -2.35. The second-order valence-electron chi connectivity index (χ2n) is 6.85. The number of hydrogen-bond donors (Lipinski definition) is 1. The van der Waals surface area contributed by atoms with Crippen molar-refractivity contribution in [3.05, 3.63) is 0 Å². The van der Waals surface area contributed by atoms with Gasteiger partial charge in [0.25, 0.3) is 0 Å². The highest BCUT2D eigenvalue weighted by atomic mass is 32.2. The largest absolute Gasteiger partial charge is 0.375 e. The zero-order chi connectivity index (χ0) is 14.7. The number of ether oxygens (including phenoxy) is 1. The van der Waals surface area contributed by atoms with E-state index in [0.29, 0.717) is 24.7 Å². The molecule has 0 aromatic carbocycles. The molecule has 0 saturated carbocycles. The highest BCUT2D eigenvalue weighted by Crippen LogP contribution is 2.23. The molecule has 5 heteroatoms. The van der Waals surface area contributed by atoms with Crippen molar-refractivity contribution in [3.8, 4) is 0 Å². The van der Waals surface area contributed by atoms with Crippen LogP contribution in [0.4, 0.5) is 0 Å². The maximum absolute atomic E-state index is 11.2. The molecule has 0 aromatic rings. The minimum absolute atomic E-state index is 0.00780. The predicted octanol–water partition coefficient (Wildman–Crippen LogP) is 1.99. The van der Waals surface area contributed by atoms with Crippen LogP contribution in [-0.2, 0) is 14.6 Å². The number of sulfone groups is 1. The third-order valence-corrected chi connectivity index (χ3v) is 4.66. The van der Waals surface area contributed by atoms with E-state index in [4.69, 9.17) is 4.74 Å². The molecule has 1 heterocycles. The van der Waals surface area contributed by atoms with Gasteiger partial charge in [-0.1, -0.05) is 13.8 Å². The van der Waals surface area contributed by atoms with Crippen molar-refractivity contribution in [1.82, 2.24) is 5.32 Å². The second kappa shape index (κ2) is 6.55. The van der Waals surface area contributed by atoms with Crippen molar-refractivity contribution in [2.75, 3.05) is 18.6 Å². The minimum Gasteiger partial charge on any atom is -0.375 e. The summed E-state index contributed by atoms with van der Waals surface area (Å²) < 4.78 is 28.2. The summed E-state index contributed by atoms with van der Waals surface area (Å²) in [6, 6.07) is 0.483. The highest BCUT2D eigenvalue weighted by molar-refractivity contribution is 7.90. The van der Waals surface area contributed by atoms with Gasteiger partial charge in [-0.15, -0.1) is 0 Å². The molecule has 19 heavy (non-hydrogen) atoms. The van der Waals surface area contributed by atoms with E-state index in [1.165, 1.54) is 6.26 Å². The molecular weight excluding hydrogens is 262 g/mol. The van der Waals surface area contributed by atoms with E-state index in [-0.39, 0.29) is 11.2 Å². The number of rotatable bonds is 6. The van der Waals surface area contributed by atoms with Crippen LogP contribution in [0.15, 0.2) is 0 Å². The first-order valence-corrected chi connectivity index (χ1v) is 9.20. The molecule has 1 aliphatic heterocycles. The van der Waals surface area contributed by atoms with Gasteiger partial charge in [0.05, 0.1) is 18.0 Å². The molecule has 4 nitrogen and oxygen atoms in total. The molecule has 1 rings (SSSR count). The maximum Gasteiger partial charge on any atom is 0.147 e. The molecule has 0 aliphatic carbocycles. The third-order valence-electron chi connectivity index (χ3n) is 3.72. The van der Waals surface area contributed by atoms with Crippen LogP contribution in [0.3, 0.4) is 0 Å². The van der Waals surface area contributed by atoms with Gasteiger partial charge in [-0.05, 0) is 38.5 Å². The summed E-state index contributed by atoms with van der Waals surface area (Å²) in [5.41, 5.74) is 0.00780. The molecule has 0 unspecified atom stereocenters. The van der Waals surface area contributed by atoms with E-state index in [2.05, 4.69) is 33.0 Å². The summed E-state index contributed by atoms with van der Waals surface area (Å²) in [5.74, 6) is 0.266. The van der Waals surface area contributed by atoms with Crippen molar-refractivity contribution in [3.63, 3.8) is 0 Å². The standard InChI is InChI=1S/C14H29NO3S/c1-11-8-13(9-12(2)18-11)15-10-14(3,4)6-7-19(5,16)17/h11-13,15H,6-10H2,1-5H3/t11-,12-/m0/s1. The van der Waals surface area contributed by atoms with E-state index in [0.717, 1.165) is 19.4 Å². The van der Waals surface area contributed by atoms with Crippen LogP contribution in [0.1, 0.15) is 47.0 Å². The van der Waals surface area contributed by atoms with Crippen molar-refractivity contribution >= 4 is 9.84 Å². The van der Waals surface area contributed by atoms with Crippen LogP contribution in [-0.4, -0.2) is 45.2 Å². The molecular formula is C14H29NO3S.